The van der Waals surface area contributed by atoms with Crippen LogP contribution in [-0.4, -0.2) is 22.6 Å². The summed E-state index contributed by atoms with van der Waals surface area (Å²) >= 11 is 0. The van der Waals surface area contributed by atoms with Gasteiger partial charge in [0.05, 0.1) is 11.5 Å². The highest BCUT2D eigenvalue weighted by molar-refractivity contribution is 5.89. The molecule has 0 amide bonds. The number of rotatable bonds is 3. The summed E-state index contributed by atoms with van der Waals surface area (Å²) in [6.45, 7) is 5.52. The van der Waals surface area contributed by atoms with Crippen molar-refractivity contribution >= 4 is 11.9 Å². The molecular formula is C18H24O4. The van der Waals surface area contributed by atoms with E-state index in [-0.39, 0.29) is 17.8 Å². The van der Waals surface area contributed by atoms with E-state index in [1.165, 1.54) is 0 Å². The van der Waals surface area contributed by atoms with E-state index < -0.39 is 11.6 Å². The lowest BCUT2D eigenvalue weighted by molar-refractivity contribution is -0.143. The van der Waals surface area contributed by atoms with Crippen molar-refractivity contribution in [3.05, 3.63) is 35.4 Å². The second kappa shape index (κ2) is 6.51. The Balaban J connectivity index is 2.14. The zero-order valence-corrected chi connectivity index (χ0v) is 13.5. The molecule has 4 nitrogen and oxygen atoms in total. The molecule has 1 aromatic rings. The first-order valence-electron chi connectivity index (χ1n) is 7.82. The molecule has 1 aliphatic carbocycles. The molecule has 2 unspecified atom stereocenters. The third-order valence-electron chi connectivity index (χ3n) is 4.02. The zero-order chi connectivity index (χ0) is 16.3. The maximum absolute atomic E-state index is 12.2. The Kier molecular flexibility index (Phi) is 4.89. The van der Waals surface area contributed by atoms with Gasteiger partial charge < -0.3 is 9.84 Å². The number of carboxylic acids is 1. The molecule has 1 aromatic carbocycles. The number of aliphatic carboxylic acids is 1. The van der Waals surface area contributed by atoms with Gasteiger partial charge in [0.25, 0.3) is 0 Å². The number of carboxylic acid groups (broad SMARTS) is 1. The lowest BCUT2D eigenvalue weighted by Gasteiger charge is -2.27. The van der Waals surface area contributed by atoms with Crippen LogP contribution in [0.3, 0.4) is 0 Å². The molecule has 2 atom stereocenters. The van der Waals surface area contributed by atoms with E-state index >= 15 is 0 Å². The fourth-order valence-corrected chi connectivity index (χ4v) is 2.97. The van der Waals surface area contributed by atoms with Crippen molar-refractivity contribution in [1.29, 1.82) is 0 Å². The molecule has 1 fully saturated rings. The number of carbonyl (C=O) groups excluding carboxylic acids is 1. The SMILES string of the molecule is CC(C)(C)OC(=O)c1cccc(C2CCCC(C(=O)O)C2)c1. The van der Waals surface area contributed by atoms with Crippen LogP contribution < -0.4 is 0 Å². The van der Waals surface area contributed by atoms with E-state index in [0.29, 0.717) is 12.0 Å². The van der Waals surface area contributed by atoms with Crippen LogP contribution in [0.1, 0.15) is 68.3 Å². The maximum Gasteiger partial charge on any atom is 0.338 e. The average molecular weight is 304 g/mol. The molecule has 1 N–H and O–H groups in total. The fourth-order valence-electron chi connectivity index (χ4n) is 2.97. The third-order valence-corrected chi connectivity index (χ3v) is 4.02. The summed E-state index contributed by atoms with van der Waals surface area (Å²) in [5.74, 6) is -1.12. The lowest BCUT2D eigenvalue weighted by atomic mass is 9.78. The van der Waals surface area contributed by atoms with Crippen molar-refractivity contribution in [2.75, 3.05) is 0 Å². The molecule has 2 rings (SSSR count). The van der Waals surface area contributed by atoms with E-state index in [9.17, 15) is 14.7 Å². The van der Waals surface area contributed by atoms with Crippen LogP contribution in [-0.2, 0) is 9.53 Å². The quantitative estimate of drug-likeness (QED) is 0.857. The predicted molar refractivity (Wildman–Crippen MR) is 83.9 cm³/mol. The Morgan fingerprint density at radius 2 is 1.95 bits per heavy atom. The molecule has 0 heterocycles. The van der Waals surface area contributed by atoms with Crippen LogP contribution in [0.4, 0.5) is 0 Å². The van der Waals surface area contributed by atoms with Crippen molar-refractivity contribution in [2.24, 2.45) is 5.92 Å². The topological polar surface area (TPSA) is 63.6 Å². The summed E-state index contributed by atoms with van der Waals surface area (Å²) in [5, 5.41) is 9.20. The predicted octanol–water partition coefficient (Wildman–Crippen LogP) is 4.00. The van der Waals surface area contributed by atoms with Crippen LogP contribution in [0.15, 0.2) is 24.3 Å². The fraction of sp³-hybridized carbons (Fsp3) is 0.556. The molecule has 4 heteroatoms. The van der Waals surface area contributed by atoms with E-state index in [0.717, 1.165) is 24.8 Å². The van der Waals surface area contributed by atoms with Crippen molar-refractivity contribution < 1.29 is 19.4 Å². The van der Waals surface area contributed by atoms with Gasteiger partial charge in [-0.2, -0.15) is 0 Å². The van der Waals surface area contributed by atoms with Crippen molar-refractivity contribution in [3.8, 4) is 0 Å². The summed E-state index contributed by atoms with van der Waals surface area (Å²) in [5.41, 5.74) is 1.05. The average Bonchev–Trinajstić information content (AvgIpc) is 2.46. The summed E-state index contributed by atoms with van der Waals surface area (Å²) in [7, 11) is 0. The lowest BCUT2D eigenvalue weighted by Crippen LogP contribution is -2.24. The van der Waals surface area contributed by atoms with Crippen LogP contribution >= 0.6 is 0 Å². The normalized spacial score (nSPS) is 22.1. The van der Waals surface area contributed by atoms with Crippen LogP contribution in [0.5, 0.6) is 0 Å². The van der Waals surface area contributed by atoms with Gasteiger partial charge in [-0.25, -0.2) is 4.79 Å². The molecular weight excluding hydrogens is 280 g/mol. The Bertz CT molecular complexity index is 556. The molecule has 1 aliphatic rings. The summed E-state index contributed by atoms with van der Waals surface area (Å²) in [6.07, 6.45) is 3.28. The molecule has 0 aromatic heterocycles. The van der Waals surface area contributed by atoms with Crippen molar-refractivity contribution in [2.45, 2.75) is 58.0 Å². The first-order valence-corrected chi connectivity index (χ1v) is 7.82. The number of ether oxygens (including phenoxy) is 1. The first-order chi connectivity index (χ1) is 10.3. The van der Waals surface area contributed by atoms with E-state index in [2.05, 4.69) is 0 Å². The summed E-state index contributed by atoms with van der Waals surface area (Å²) in [4.78, 5) is 23.3. The maximum atomic E-state index is 12.2. The number of esters is 1. The van der Waals surface area contributed by atoms with Crippen LogP contribution in [0.25, 0.3) is 0 Å². The minimum Gasteiger partial charge on any atom is -0.481 e. The highest BCUT2D eigenvalue weighted by atomic mass is 16.6. The largest absolute Gasteiger partial charge is 0.481 e. The van der Waals surface area contributed by atoms with E-state index in [1.807, 2.05) is 39.0 Å². The standard InChI is InChI=1S/C18H24O4/c1-18(2,3)22-17(21)15-9-5-7-13(11-15)12-6-4-8-14(10-12)16(19)20/h5,7,9,11-12,14H,4,6,8,10H2,1-3H3,(H,19,20). The van der Waals surface area contributed by atoms with Gasteiger partial charge in [-0.1, -0.05) is 18.6 Å². The molecule has 0 aliphatic heterocycles. The van der Waals surface area contributed by atoms with Gasteiger partial charge in [0, 0.05) is 0 Å². The second-order valence-corrected chi connectivity index (χ2v) is 7.03. The second-order valence-electron chi connectivity index (χ2n) is 7.03. The number of hydrogen-bond acceptors (Lipinski definition) is 3. The highest BCUT2D eigenvalue weighted by Crippen LogP contribution is 2.36. The molecule has 1 saturated carbocycles. The van der Waals surface area contributed by atoms with Gasteiger partial charge in [0.1, 0.15) is 5.60 Å². The molecule has 0 bridgehead atoms. The Labute approximate surface area is 131 Å². The summed E-state index contributed by atoms with van der Waals surface area (Å²) in [6, 6.07) is 7.42. The van der Waals surface area contributed by atoms with Gasteiger partial charge in [-0.05, 0) is 63.6 Å². The van der Waals surface area contributed by atoms with Gasteiger partial charge in [-0.15, -0.1) is 0 Å². The Morgan fingerprint density at radius 1 is 1.23 bits per heavy atom. The number of benzene rings is 1. The number of hydrogen-bond donors (Lipinski definition) is 1. The minimum absolute atomic E-state index is 0.206. The number of carbonyl (C=O) groups is 2. The molecule has 22 heavy (non-hydrogen) atoms. The Hall–Kier alpha value is -1.84. The van der Waals surface area contributed by atoms with Crippen molar-refractivity contribution in [3.63, 3.8) is 0 Å². The van der Waals surface area contributed by atoms with Gasteiger partial charge >= 0.3 is 11.9 Å². The van der Waals surface area contributed by atoms with Gasteiger partial charge in [0.2, 0.25) is 0 Å². The van der Waals surface area contributed by atoms with Crippen LogP contribution in [0, 0.1) is 5.92 Å². The molecule has 0 radical (unpaired) electrons. The van der Waals surface area contributed by atoms with E-state index in [4.69, 9.17) is 4.74 Å². The Morgan fingerprint density at radius 3 is 2.59 bits per heavy atom. The molecule has 0 spiro atoms. The minimum atomic E-state index is -0.715. The zero-order valence-electron chi connectivity index (χ0n) is 13.5. The first kappa shape index (κ1) is 16.5. The van der Waals surface area contributed by atoms with Gasteiger partial charge in [-0.3, -0.25) is 4.79 Å². The van der Waals surface area contributed by atoms with Crippen molar-refractivity contribution in [1.82, 2.24) is 0 Å². The molecule has 0 saturated heterocycles. The monoisotopic (exact) mass is 304 g/mol. The van der Waals surface area contributed by atoms with Gasteiger partial charge in [0.15, 0.2) is 0 Å². The summed E-state index contributed by atoms with van der Waals surface area (Å²) < 4.78 is 5.39. The molecule has 120 valence electrons. The smallest absolute Gasteiger partial charge is 0.338 e. The van der Waals surface area contributed by atoms with E-state index in [1.54, 1.807) is 6.07 Å². The highest BCUT2D eigenvalue weighted by Gasteiger charge is 2.28. The third kappa shape index (κ3) is 4.33. The van der Waals surface area contributed by atoms with Crippen LogP contribution in [0.2, 0.25) is 0 Å².